The van der Waals surface area contributed by atoms with Gasteiger partial charge >= 0.3 is 5.97 Å². The van der Waals surface area contributed by atoms with Crippen LogP contribution in [0, 0.1) is 0 Å². The van der Waals surface area contributed by atoms with E-state index in [0.717, 1.165) is 11.3 Å². The van der Waals surface area contributed by atoms with Crippen molar-refractivity contribution in [1.82, 2.24) is 10.0 Å². The summed E-state index contributed by atoms with van der Waals surface area (Å²) in [5.41, 5.74) is 0.410. The molecule has 0 fully saturated rings. The highest BCUT2D eigenvalue weighted by atomic mass is 32.1. The van der Waals surface area contributed by atoms with Gasteiger partial charge in [0.1, 0.15) is 22.2 Å². The lowest BCUT2D eigenvalue weighted by Gasteiger charge is -2.11. The topological polar surface area (TPSA) is 85.8 Å². The number of carbonyl (C=O) groups is 3. The number of amides is 2. The predicted octanol–water partition coefficient (Wildman–Crippen LogP) is 3.09. The normalized spacial score (nSPS) is 12.8. The minimum Gasteiger partial charge on any atom is -0.486 e. The molecule has 8 heteroatoms. The van der Waals surface area contributed by atoms with Crippen LogP contribution in [0.4, 0.5) is 0 Å². The number of carbonyl (C=O) groups excluding carboxylic acids is 3. The number of rotatable bonds is 5. The van der Waals surface area contributed by atoms with Gasteiger partial charge in [-0.15, -0.1) is 11.3 Å². The molecule has 134 valence electrons. The molecule has 0 spiro atoms. The van der Waals surface area contributed by atoms with E-state index in [1.807, 2.05) is 30.3 Å². The predicted molar refractivity (Wildman–Crippen MR) is 95.2 cm³/mol. The van der Waals surface area contributed by atoms with Crippen molar-refractivity contribution in [1.29, 1.82) is 0 Å². The van der Waals surface area contributed by atoms with Gasteiger partial charge in [0.25, 0.3) is 11.8 Å². The number of benzene rings is 2. The Balaban J connectivity index is 1.42. The lowest BCUT2D eigenvalue weighted by Crippen LogP contribution is -2.32. The summed E-state index contributed by atoms with van der Waals surface area (Å²) in [5.74, 6) is -1.47. The third-order valence-electron chi connectivity index (χ3n) is 3.79. The van der Waals surface area contributed by atoms with E-state index in [-0.39, 0.29) is 22.6 Å². The molecule has 0 aliphatic carbocycles. The van der Waals surface area contributed by atoms with E-state index >= 15 is 0 Å². The number of imide groups is 1. The maximum Gasteiger partial charge on any atom is 0.375 e. The van der Waals surface area contributed by atoms with Gasteiger partial charge < -0.3 is 9.57 Å². The molecule has 0 bridgehead atoms. The van der Waals surface area contributed by atoms with Gasteiger partial charge in [0.05, 0.1) is 17.3 Å². The SMILES string of the molecule is O=C(ON1C(=O)c2ccccc2C1=O)c1cnc(COc2ccccc2)s1. The molecule has 1 aromatic heterocycles. The summed E-state index contributed by atoms with van der Waals surface area (Å²) < 4.78 is 5.57. The van der Waals surface area contributed by atoms with E-state index in [9.17, 15) is 14.4 Å². The fourth-order valence-corrected chi connectivity index (χ4v) is 3.21. The van der Waals surface area contributed by atoms with Crippen LogP contribution < -0.4 is 4.74 Å². The monoisotopic (exact) mass is 380 g/mol. The van der Waals surface area contributed by atoms with Crippen molar-refractivity contribution in [3.63, 3.8) is 0 Å². The van der Waals surface area contributed by atoms with E-state index in [1.165, 1.54) is 18.3 Å². The second kappa shape index (κ2) is 7.00. The summed E-state index contributed by atoms with van der Waals surface area (Å²) in [6.45, 7) is 0.189. The molecule has 2 amide bonds. The zero-order chi connectivity index (χ0) is 18.8. The molecule has 3 aromatic rings. The largest absolute Gasteiger partial charge is 0.486 e. The van der Waals surface area contributed by atoms with E-state index in [2.05, 4.69) is 4.98 Å². The maximum atomic E-state index is 12.3. The Labute approximate surface area is 157 Å². The summed E-state index contributed by atoms with van der Waals surface area (Å²) in [7, 11) is 0. The minimum atomic E-state index is -0.826. The lowest BCUT2D eigenvalue weighted by molar-refractivity contribution is -0.0581. The summed E-state index contributed by atoms with van der Waals surface area (Å²) in [6, 6.07) is 15.5. The molecule has 7 nitrogen and oxygen atoms in total. The number of hydroxylamine groups is 2. The maximum absolute atomic E-state index is 12.3. The highest BCUT2D eigenvalue weighted by Gasteiger charge is 2.39. The van der Waals surface area contributed by atoms with Crippen LogP contribution in [0.25, 0.3) is 0 Å². The van der Waals surface area contributed by atoms with Crippen molar-refractivity contribution in [2.24, 2.45) is 0 Å². The number of aromatic nitrogens is 1. The highest BCUT2D eigenvalue weighted by Crippen LogP contribution is 2.24. The van der Waals surface area contributed by atoms with Crippen LogP contribution in [0.1, 0.15) is 35.4 Å². The molecule has 0 unspecified atom stereocenters. The van der Waals surface area contributed by atoms with Crippen LogP contribution in [-0.2, 0) is 11.4 Å². The fraction of sp³-hybridized carbons (Fsp3) is 0.0526. The fourth-order valence-electron chi connectivity index (χ4n) is 2.51. The number of hydrogen-bond donors (Lipinski definition) is 0. The van der Waals surface area contributed by atoms with Crippen LogP contribution >= 0.6 is 11.3 Å². The molecular weight excluding hydrogens is 368 g/mol. The van der Waals surface area contributed by atoms with Crippen molar-refractivity contribution in [2.45, 2.75) is 6.61 Å². The molecule has 1 aliphatic heterocycles. The summed E-state index contributed by atoms with van der Waals surface area (Å²) in [4.78, 5) is 46.0. The number of fused-ring (bicyclic) bond motifs is 1. The third kappa shape index (κ3) is 3.30. The minimum absolute atomic E-state index is 0.165. The Bertz CT molecular complexity index is 996. The first-order valence-corrected chi connectivity index (χ1v) is 8.78. The van der Waals surface area contributed by atoms with Gasteiger partial charge in [-0.2, -0.15) is 0 Å². The molecule has 2 aromatic carbocycles. The van der Waals surface area contributed by atoms with Gasteiger partial charge in [-0.25, -0.2) is 9.78 Å². The van der Waals surface area contributed by atoms with E-state index in [0.29, 0.717) is 15.8 Å². The van der Waals surface area contributed by atoms with Crippen molar-refractivity contribution in [3.8, 4) is 5.75 Å². The molecule has 0 saturated heterocycles. The van der Waals surface area contributed by atoms with E-state index in [4.69, 9.17) is 9.57 Å². The van der Waals surface area contributed by atoms with Gasteiger partial charge in [-0.05, 0) is 24.3 Å². The second-order valence-electron chi connectivity index (χ2n) is 5.55. The Morgan fingerprint density at radius 2 is 1.59 bits per heavy atom. The van der Waals surface area contributed by atoms with E-state index in [1.54, 1.807) is 12.1 Å². The number of hydrogen-bond acceptors (Lipinski definition) is 7. The number of thiazole rings is 1. The molecular formula is C19H12N2O5S. The average Bonchev–Trinajstić information content (AvgIpc) is 3.27. The Kier molecular flexibility index (Phi) is 4.39. The van der Waals surface area contributed by atoms with Crippen LogP contribution in [0.5, 0.6) is 5.75 Å². The standard InChI is InChI=1S/C19H12N2O5S/c22-17-13-8-4-5-9-14(13)18(23)21(17)26-19(24)15-10-20-16(27-15)11-25-12-6-2-1-3-7-12/h1-10H,11H2. The van der Waals surface area contributed by atoms with Crippen molar-refractivity contribution >= 4 is 29.1 Å². The zero-order valence-electron chi connectivity index (χ0n) is 13.8. The van der Waals surface area contributed by atoms with Crippen LogP contribution in [-0.4, -0.2) is 27.8 Å². The third-order valence-corrected chi connectivity index (χ3v) is 4.74. The summed E-state index contributed by atoms with van der Waals surface area (Å²) >= 11 is 1.07. The van der Waals surface area contributed by atoms with Crippen LogP contribution in [0.3, 0.4) is 0 Å². The quantitative estimate of drug-likeness (QED) is 0.632. The first-order valence-electron chi connectivity index (χ1n) is 7.96. The average molecular weight is 380 g/mol. The Morgan fingerprint density at radius 1 is 0.963 bits per heavy atom. The smallest absolute Gasteiger partial charge is 0.375 e. The molecule has 2 heterocycles. The van der Waals surface area contributed by atoms with E-state index < -0.39 is 17.8 Å². The number of ether oxygens (including phenoxy) is 1. The first-order chi connectivity index (χ1) is 13.1. The summed E-state index contributed by atoms with van der Waals surface area (Å²) in [6.07, 6.45) is 1.33. The zero-order valence-corrected chi connectivity index (χ0v) is 14.6. The van der Waals surface area contributed by atoms with Crippen LogP contribution in [0.15, 0.2) is 60.8 Å². The van der Waals surface area contributed by atoms with Gasteiger partial charge in [0, 0.05) is 0 Å². The molecule has 0 atom stereocenters. The Morgan fingerprint density at radius 3 is 2.26 bits per heavy atom. The van der Waals surface area contributed by atoms with Gasteiger partial charge in [0.2, 0.25) is 0 Å². The molecule has 0 N–H and O–H groups in total. The lowest BCUT2D eigenvalue weighted by atomic mass is 10.1. The van der Waals surface area contributed by atoms with Gasteiger partial charge in [0.15, 0.2) is 0 Å². The highest BCUT2D eigenvalue weighted by molar-refractivity contribution is 7.13. The molecule has 0 saturated carbocycles. The van der Waals surface area contributed by atoms with Gasteiger partial charge in [-0.3, -0.25) is 9.59 Å². The number of nitrogens with zero attached hydrogens (tertiary/aromatic N) is 2. The van der Waals surface area contributed by atoms with Crippen molar-refractivity contribution in [2.75, 3.05) is 0 Å². The molecule has 0 radical (unpaired) electrons. The molecule has 1 aliphatic rings. The number of para-hydroxylation sites is 1. The Hall–Kier alpha value is -3.52. The second-order valence-corrected chi connectivity index (χ2v) is 6.66. The van der Waals surface area contributed by atoms with Crippen molar-refractivity contribution < 1.29 is 24.0 Å². The molecule has 4 rings (SSSR count). The molecule has 27 heavy (non-hydrogen) atoms. The van der Waals surface area contributed by atoms with Gasteiger partial charge in [-0.1, -0.05) is 35.4 Å². The summed E-state index contributed by atoms with van der Waals surface area (Å²) in [5, 5.41) is 1.04. The van der Waals surface area contributed by atoms with Crippen molar-refractivity contribution in [3.05, 3.63) is 81.8 Å². The van der Waals surface area contributed by atoms with Crippen LogP contribution in [0.2, 0.25) is 0 Å². The first kappa shape index (κ1) is 16.9.